The largest absolute Gasteiger partial charge is 0.391 e. The molecule has 0 spiro atoms. The smallest absolute Gasteiger partial charge is 0.128 e. The van der Waals surface area contributed by atoms with Crippen molar-refractivity contribution in [3.05, 3.63) is 71.8 Å². The van der Waals surface area contributed by atoms with Crippen molar-refractivity contribution in [2.75, 3.05) is 13.1 Å². The maximum atomic E-state index is 10.8. The first-order chi connectivity index (χ1) is 12.7. The zero-order chi connectivity index (χ0) is 17.9. The monoisotopic (exact) mass is 347 g/mol. The second kappa shape index (κ2) is 7.52. The van der Waals surface area contributed by atoms with Crippen LogP contribution in [0.3, 0.4) is 0 Å². The Labute approximate surface area is 154 Å². The Kier molecular flexibility index (Phi) is 4.96. The van der Waals surface area contributed by atoms with Crippen LogP contribution in [0.5, 0.6) is 0 Å². The number of aromatic nitrogens is 2. The van der Waals surface area contributed by atoms with Gasteiger partial charge >= 0.3 is 0 Å². The molecular formula is C22H25N3O. The molecule has 2 atom stereocenters. The third kappa shape index (κ3) is 3.62. The molecule has 0 amide bonds. The van der Waals surface area contributed by atoms with E-state index < -0.39 is 0 Å². The lowest BCUT2D eigenvalue weighted by Gasteiger charge is -2.36. The number of likely N-dealkylation sites (tertiary alicyclic amines) is 1. The van der Waals surface area contributed by atoms with Crippen LogP contribution in [0, 0.1) is 0 Å². The summed E-state index contributed by atoms with van der Waals surface area (Å²) < 4.78 is 0. The number of hydrogen-bond donors (Lipinski definition) is 1. The van der Waals surface area contributed by atoms with Crippen molar-refractivity contribution >= 4 is 10.8 Å². The summed E-state index contributed by atoms with van der Waals surface area (Å²) in [4.78, 5) is 11.1. The standard InChI is InChI=1S/C22H25N3O/c1-2-22-23-11-9-19(24-22)14-25-12-10-20(21(26)15-25)18-8-7-16-5-3-4-6-17(16)13-18/h3-9,11,13,20-21,26H,2,10,12,14-15H2,1H3/t20-,21+/m0/s1. The SMILES string of the molecule is CCc1nccc(CN2CC[C@@H](c3ccc4ccccc4c3)[C@H](O)C2)n1. The lowest BCUT2D eigenvalue weighted by Crippen LogP contribution is -2.42. The van der Waals surface area contributed by atoms with E-state index in [0.717, 1.165) is 37.4 Å². The molecule has 26 heavy (non-hydrogen) atoms. The highest BCUT2D eigenvalue weighted by atomic mass is 16.3. The molecule has 3 aromatic rings. The molecule has 0 saturated carbocycles. The van der Waals surface area contributed by atoms with Crippen LogP contribution in [0.2, 0.25) is 0 Å². The Morgan fingerprint density at radius 1 is 1.12 bits per heavy atom. The minimum Gasteiger partial charge on any atom is -0.391 e. The molecular weight excluding hydrogens is 322 g/mol. The van der Waals surface area contributed by atoms with Crippen molar-refractivity contribution in [1.82, 2.24) is 14.9 Å². The van der Waals surface area contributed by atoms with Crippen molar-refractivity contribution in [2.24, 2.45) is 0 Å². The summed E-state index contributed by atoms with van der Waals surface area (Å²) in [6.07, 6.45) is 3.29. The number of β-amino-alcohol motifs (C(OH)–C–C–N with tert-alkyl or cyclic N) is 1. The summed E-state index contributed by atoms with van der Waals surface area (Å²) >= 11 is 0. The second-order valence-corrected chi connectivity index (χ2v) is 7.12. The van der Waals surface area contributed by atoms with Crippen molar-refractivity contribution in [1.29, 1.82) is 0 Å². The molecule has 4 heteroatoms. The Morgan fingerprint density at radius 2 is 1.96 bits per heavy atom. The topological polar surface area (TPSA) is 49.2 Å². The van der Waals surface area contributed by atoms with E-state index in [9.17, 15) is 5.11 Å². The number of fused-ring (bicyclic) bond motifs is 1. The number of aliphatic hydroxyl groups excluding tert-OH is 1. The van der Waals surface area contributed by atoms with Gasteiger partial charge in [0.05, 0.1) is 11.8 Å². The first kappa shape index (κ1) is 17.1. The van der Waals surface area contributed by atoms with Gasteiger partial charge in [-0.3, -0.25) is 4.90 Å². The first-order valence-corrected chi connectivity index (χ1v) is 9.43. The van der Waals surface area contributed by atoms with Gasteiger partial charge in [-0.1, -0.05) is 49.4 Å². The van der Waals surface area contributed by atoms with E-state index in [2.05, 4.69) is 64.3 Å². The summed E-state index contributed by atoms with van der Waals surface area (Å²) in [7, 11) is 0. The summed E-state index contributed by atoms with van der Waals surface area (Å²) in [5.41, 5.74) is 2.28. The molecule has 0 radical (unpaired) electrons. The molecule has 2 heterocycles. The normalized spacial score (nSPS) is 21.2. The number of hydrogen-bond acceptors (Lipinski definition) is 4. The lowest BCUT2D eigenvalue weighted by atomic mass is 9.86. The number of piperidine rings is 1. The fraction of sp³-hybridized carbons (Fsp3) is 0.364. The molecule has 0 bridgehead atoms. The average molecular weight is 347 g/mol. The Balaban J connectivity index is 1.45. The van der Waals surface area contributed by atoms with E-state index in [1.54, 1.807) is 0 Å². The average Bonchev–Trinajstić information content (AvgIpc) is 2.68. The summed E-state index contributed by atoms with van der Waals surface area (Å²) in [6.45, 7) is 4.50. The fourth-order valence-electron chi connectivity index (χ4n) is 3.90. The minimum absolute atomic E-state index is 0.201. The second-order valence-electron chi connectivity index (χ2n) is 7.12. The van der Waals surface area contributed by atoms with Crippen LogP contribution >= 0.6 is 0 Å². The van der Waals surface area contributed by atoms with Crippen LogP contribution in [-0.4, -0.2) is 39.2 Å². The zero-order valence-electron chi connectivity index (χ0n) is 15.2. The maximum Gasteiger partial charge on any atom is 0.128 e. The quantitative estimate of drug-likeness (QED) is 0.784. The van der Waals surface area contributed by atoms with Gasteiger partial charge in [-0.05, 0) is 35.4 Å². The lowest BCUT2D eigenvalue weighted by molar-refractivity contribution is 0.0471. The number of aliphatic hydroxyl groups is 1. The molecule has 1 N–H and O–H groups in total. The van der Waals surface area contributed by atoms with Gasteiger partial charge in [-0.15, -0.1) is 0 Å². The highest BCUT2D eigenvalue weighted by Gasteiger charge is 2.29. The van der Waals surface area contributed by atoms with E-state index in [0.29, 0.717) is 6.54 Å². The van der Waals surface area contributed by atoms with Gasteiger partial charge in [0.2, 0.25) is 0 Å². The highest BCUT2D eigenvalue weighted by Crippen LogP contribution is 2.31. The molecule has 134 valence electrons. The van der Waals surface area contributed by atoms with Crippen LogP contribution < -0.4 is 0 Å². The van der Waals surface area contributed by atoms with Crippen LogP contribution in [-0.2, 0) is 13.0 Å². The van der Waals surface area contributed by atoms with E-state index in [1.807, 2.05) is 12.3 Å². The van der Waals surface area contributed by atoms with Crippen LogP contribution in [0.25, 0.3) is 10.8 Å². The van der Waals surface area contributed by atoms with Gasteiger partial charge in [0, 0.05) is 31.6 Å². The zero-order valence-corrected chi connectivity index (χ0v) is 15.2. The van der Waals surface area contributed by atoms with E-state index in [4.69, 9.17) is 0 Å². The molecule has 0 unspecified atom stereocenters. The Morgan fingerprint density at radius 3 is 2.77 bits per heavy atom. The van der Waals surface area contributed by atoms with Crippen molar-refractivity contribution in [2.45, 2.75) is 38.3 Å². The first-order valence-electron chi connectivity index (χ1n) is 9.43. The van der Waals surface area contributed by atoms with Crippen molar-refractivity contribution < 1.29 is 5.11 Å². The summed E-state index contributed by atoms with van der Waals surface area (Å²) in [5, 5.41) is 13.3. The molecule has 1 saturated heterocycles. The molecule has 2 aromatic carbocycles. The highest BCUT2D eigenvalue weighted by molar-refractivity contribution is 5.83. The number of aryl methyl sites for hydroxylation is 1. The molecule has 1 aromatic heterocycles. The summed E-state index contributed by atoms with van der Waals surface area (Å²) in [5.74, 6) is 1.08. The predicted octanol–water partition coefficient (Wildman–Crippen LogP) is 3.54. The third-order valence-corrected chi connectivity index (χ3v) is 5.33. The fourth-order valence-corrected chi connectivity index (χ4v) is 3.90. The predicted molar refractivity (Wildman–Crippen MR) is 104 cm³/mol. The van der Waals surface area contributed by atoms with Crippen LogP contribution in [0.4, 0.5) is 0 Å². The summed E-state index contributed by atoms with van der Waals surface area (Å²) in [6, 6.07) is 16.9. The number of rotatable bonds is 4. The van der Waals surface area contributed by atoms with Gasteiger partial charge in [0.25, 0.3) is 0 Å². The van der Waals surface area contributed by atoms with Gasteiger partial charge in [-0.25, -0.2) is 9.97 Å². The van der Waals surface area contributed by atoms with E-state index in [-0.39, 0.29) is 12.0 Å². The van der Waals surface area contributed by atoms with Crippen molar-refractivity contribution in [3.8, 4) is 0 Å². The van der Waals surface area contributed by atoms with Gasteiger partial charge < -0.3 is 5.11 Å². The van der Waals surface area contributed by atoms with Crippen LogP contribution in [0.1, 0.15) is 36.3 Å². The molecule has 4 nitrogen and oxygen atoms in total. The molecule has 0 aliphatic carbocycles. The molecule has 1 aliphatic rings. The van der Waals surface area contributed by atoms with E-state index in [1.165, 1.54) is 16.3 Å². The third-order valence-electron chi connectivity index (χ3n) is 5.33. The van der Waals surface area contributed by atoms with Gasteiger partial charge in [-0.2, -0.15) is 0 Å². The molecule has 1 aliphatic heterocycles. The van der Waals surface area contributed by atoms with Gasteiger partial charge in [0.15, 0.2) is 0 Å². The number of benzene rings is 2. The Hall–Kier alpha value is -2.30. The maximum absolute atomic E-state index is 10.8. The minimum atomic E-state index is -0.350. The molecule has 4 rings (SSSR count). The Bertz CT molecular complexity index is 895. The van der Waals surface area contributed by atoms with E-state index >= 15 is 0 Å². The van der Waals surface area contributed by atoms with Gasteiger partial charge in [0.1, 0.15) is 5.82 Å². The molecule has 1 fully saturated rings. The number of nitrogens with zero attached hydrogens (tertiary/aromatic N) is 3. The van der Waals surface area contributed by atoms with Crippen LogP contribution in [0.15, 0.2) is 54.7 Å². The van der Waals surface area contributed by atoms with Crippen molar-refractivity contribution in [3.63, 3.8) is 0 Å².